The molecule has 0 aliphatic carbocycles. The SMILES string of the molecule is CCCCCCOC(=O)OCOC(C(=O)OC1CC2CCC(C1)[N+]21CCCC1)(c1ccccc1)c1ccccc1.O=C([O-])C(F)(F)F. The maximum absolute atomic E-state index is 14.3. The topological polar surface area (TPSA) is 111 Å². The van der Waals surface area contributed by atoms with Crippen molar-refractivity contribution in [2.24, 2.45) is 0 Å². The zero-order valence-corrected chi connectivity index (χ0v) is 26.8. The van der Waals surface area contributed by atoms with Crippen LogP contribution in [0.2, 0.25) is 0 Å². The van der Waals surface area contributed by atoms with Crippen molar-refractivity contribution in [1.82, 2.24) is 0 Å². The Kier molecular flexibility index (Phi) is 12.7. The van der Waals surface area contributed by atoms with Gasteiger partial charge in [-0.05, 0) is 17.5 Å². The number of aliphatic carboxylic acids is 1. The summed E-state index contributed by atoms with van der Waals surface area (Å²) in [6, 6.07) is 19.8. The number of alkyl halides is 3. The van der Waals surface area contributed by atoms with E-state index >= 15 is 0 Å². The highest BCUT2D eigenvalue weighted by Crippen LogP contribution is 2.47. The van der Waals surface area contributed by atoms with Crippen LogP contribution in [0.3, 0.4) is 0 Å². The van der Waals surface area contributed by atoms with Gasteiger partial charge in [-0.25, -0.2) is 9.59 Å². The molecule has 2 atom stereocenters. The highest BCUT2D eigenvalue weighted by Gasteiger charge is 2.57. The van der Waals surface area contributed by atoms with Gasteiger partial charge in [-0.2, -0.15) is 13.2 Å². The predicted molar refractivity (Wildman–Crippen MR) is 162 cm³/mol. The molecule has 258 valence electrons. The lowest BCUT2D eigenvalue weighted by Gasteiger charge is -2.47. The summed E-state index contributed by atoms with van der Waals surface area (Å²) in [5.74, 6) is -3.48. The summed E-state index contributed by atoms with van der Waals surface area (Å²) in [6.45, 7) is 4.52. The number of carboxylic acid groups (broad SMARTS) is 1. The molecule has 5 rings (SSSR count). The standard InChI is InChI=1S/C33H44NO6.C2HF3O2/c1-2-3-4-13-22-37-32(36)38-25-39-33(26-14-7-5-8-15-26,27-16-9-6-10-17-27)31(35)40-30-23-28-18-19-29(24-30)34(28)20-11-12-21-34;3-2(4,5)1(6)7/h5-10,14-17,28-30H,2-4,11-13,18-25H2,1H3;(H,6,7)/q+1;/p-1. The quantitative estimate of drug-likeness (QED) is 0.122. The molecule has 3 aliphatic rings. The van der Waals surface area contributed by atoms with Gasteiger partial charge in [0.15, 0.2) is 6.79 Å². The Labute approximate surface area is 273 Å². The third-order valence-electron chi connectivity index (χ3n) is 9.58. The Morgan fingerprint density at radius 1 is 0.830 bits per heavy atom. The van der Waals surface area contributed by atoms with Gasteiger partial charge in [-0.1, -0.05) is 86.8 Å². The number of carbonyl (C=O) groups is 3. The molecule has 2 bridgehead atoms. The van der Waals surface area contributed by atoms with Crippen molar-refractivity contribution in [2.75, 3.05) is 26.5 Å². The summed E-state index contributed by atoms with van der Waals surface area (Å²) >= 11 is 0. The van der Waals surface area contributed by atoms with Crippen LogP contribution >= 0.6 is 0 Å². The summed E-state index contributed by atoms with van der Waals surface area (Å²) in [6.07, 6.45) is 4.67. The summed E-state index contributed by atoms with van der Waals surface area (Å²) in [7, 11) is 0. The normalized spacial score (nSPS) is 21.4. The summed E-state index contributed by atoms with van der Waals surface area (Å²) in [5, 5.41) is 8.78. The van der Waals surface area contributed by atoms with Crippen LogP contribution in [0.4, 0.5) is 18.0 Å². The number of unbranched alkanes of at least 4 members (excludes halogenated alkanes) is 3. The number of piperidine rings is 1. The molecule has 0 amide bonds. The lowest BCUT2D eigenvalue weighted by Crippen LogP contribution is -2.60. The minimum Gasteiger partial charge on any atom is -0.542 e. The molecule has 0 aromatic heterocycles. The highest BCUT2D eigenvalue weighted by atomic mass is 19.4. The molecule has 2 aromatic carbocycles. The van der Waals surface area contributed by atoms with E-state index in [9.17, 15) is 22.8 Å². The van der Waals surface area contributed by atoms with Gasteiger partial charge < -0.3 is 33.3 Å². The van der Waals surface area contributed by atoms with E-state index in [4.69, 9.17) is 28.8 Å². The van der Waals surface area contributed by atoms with Crippen LogP contribution in [0.15, 0.2) is 60.7 Å². The predicted octanol–water partition coefficient (Wildman–Crippen LogP) is 5.78. The van der Waals surface area contributed by atoms with Crippen LogP contribution in [-0.2, 0) is 34.1 Å². The summed E-state index contributed by atoms with van der Waals surface area (Å²) < 4.78 is 55.9. The number of benzene rings is 2. The molecule has 3 fully saturated rings. The third kappa shape index (κ3) is 8.84. The van der Waals surface area contributed by atoms with Crippen molar-refractivity contribution in [2.45, 2.75) is 101 Å². The number of carboxylic acids is 1. The molecule has 2 aromatic rings. The van der Waals surface area contributed by atoms with Crippen LogP contribution < -0.4 is 5.11 Å². The maximum Gasteiger partial charge on any atom is 0.510 e. The van der Waals surface area contributed by atoms with Crippen molar-refractivity contribution < 1.29 is 56.1 Å². The van der Waals surface area contributed by atoms with Gasteiger partial charge in [0.05, 0.1) is 31.8 Å². The first-order valence-electron chi connectivity index (χ1n) is 16.4. The second-order valence-electron chi connectivity index (χ2n) is 12.4. The first-order chi connectivity index (χ1) is 22.5. The van der Waals surface area contributed by atoms with Gasteiger partial charge in [0.25, 0.3) is 0 Å². The lowest BCUT2D eigenvalue weighted by atomic mass is 9.85. The first kappa shape index (κ1) is 36.2. The number of ether oxygens (including phenoxy) is 4. The molecule has 3 aliphatic heterocycles. The average Bonchev–Trinajstić information content (AvgIpc) is 3.60. The molecule has 0 N–H and O–H groups in total. The van der Waals surface area contributed by atoms with E-state index in [1.165, 1.54) is 43.3 Å². The van der Waals surface area contributed by atoms with Crippen molar-refractivity contribution in [3.05, 3.63) is 71.8 Å². The second kappa shape index (κ2) is 16.5. The van der Waals surface area contributed by atoms with E-state index in [1.54, 1.807) is 0 Å². The van der Waals surface area contributed by atoms with Crippen LogP contribution in [0.25, 0.3) is 0 Å². The van der Waals surface area contributed by atoms with Crippen molar-refractivity contribution >= 4 is 18.1 Å². The fourth-order valence-corrected chi connectivity index (χ4v) is 7.41. The molecule has 47 heavy (non-hydrogen) atoms. The lowest BCUT2D eigenvalue weighted by molar-refractivity contribution is -0.956. The minimum absolute atomic E-state index is 0.154. The Bertz CT molecular complexity index is 1250. The Morgan fingerprint density at radius 3 is 1.85 bits per heavy atom. The molecular weight excluding hydrogens is 619 g/mol. The zero-order chi connectivity index (χ0) is 33.9. The third-order valence-corrected chi connectivity index (χ3v) is 9.58. The van der Waals surface area contributed by atoms with E-state index in [1.807, 2.05) is 60.7 Å². The average molecular weight is 664 g/mol. The molecule has 2 unspecified atom stereocenters. The van der Waals surface area contributed by atoms with Gasteiger partial charge >= 0.3 is 18.3 Å². The monoisotopic (exact) mass is 663 g/mol. The molecule has 0 saturated carbocycles. The van der Waals surface area contributed by atoms with Crippen molar-refractivity contribution in [3.8, 4) is 0 Å². The van der Waals surface area contributed by atoms with E-state index in [0.717, 1.165) is 38.5 Å². The number of hydrogen-bond donors (Lipinski definition) is 0. The van der Waals surface area contributed by atoms with E-state index < -0.39 is 36.7 Å². The van der Waals surface area contributed by atoms with E-state index in [0.29, 0.717) is 29.8 Å². The molecule has 12 heteroatoms. The Balaban J connectivity index is 0.000000644. The second-order valence-corrected chi connectivity index (χ2v) is 12.4. The zero-order valence-electron chi connectivity index (χ0n) is 26.8. The van der Waals surface area contributed by atoms with E-state index in [2.05, 4.69) is 6.92 Å². The Morgan fingerprint density at radius 2 is 1.36 bits per heavy atom. The van der Waals surface area contributed by atoms with Crippen LogP contribution in [0.5, 0.6) is 0 Å². The number of nitrogens with zero attached hydrogens (tertiary/aromatic N) is 1. The number of quaternary nitrogens is 1. The fourth-order valence-electron chi connectivity index (χ4n) is 7.41. The Hall–Kier alpha value is -3.64. The maximum atomic E-state index is 14.3. The number of carbonyl (C=O) groups excluding carboxylic acids is 3. The number of rotatable bonds is 12. The molecule has 9 nitrogen and oxygen atoms in total. The van der Waals surface area contributed by atoms with Gasteiger partial charge in [0.1, 0.15) is 12.1 Å². The van der Waals surface area contributed by atoms with Gasteiger partial charge in [0, 0.05) is 38.5 Å². The number of halogens is 3. The minimum atomic E-state index is -5.19. The molecule has 3 saturated heterocycles. The molecule has 1 spiro atoms. The summed E-state index contributed by atoms with van der Waals surface area (Å²) in [5.41, 5.74) is -0.325. The van der Waals surface area contributed by atoms with Crippen molar-refractivity contribution in [1.29, 1.82) is 0 Å². The molecular formula is C35H44F3NO8. The van der Waals surface area contributed by atoms with Crippen LogP contribution in [0.1, 0.15) is 82.3 Å². The molecule has 3 heterocycles. The fraction of sp³-hybridized carbons (Fsp3) is 0.571. The van der Waals surface area contributed by atoms with Gasteiger partial charge in [-0.3, -0.25) is 0 Å². The van der Waals surface area contributed by atoms with Gasteiger partial charge in [-0.15, -0.1) is 0 Å². The summed E-state index contributed by atoms with van der Waals surface area (Å²) in [4.78, 5) is 35.4. The first-order valence-corrected chi connectivity index (χ1v) is 16.4. The number of hydrogen-bond acceptors (Lipinski definition) is 8. The molecule has 0 radical (unpaired) electrons. The van der Waals surface area contributed by atoms with Crippen molar-refractivity contribution in [3.63, 3.8) is 0 Å². The highest BCUT2D eigenvalue weighted by molar-refractivity contribution is 5.86. The van der Waals surface area contributed by atoms with Crippen LogP contribution in [0, 0.1) is 0 Å². The van der Waals surface area contributed by atoms with E-state index in [-0.39, 0.29) is 6.10 Å². The number of esters is 1. The van der Waals surface area contributed by atoms with Gasteiger partial charge in [0.2, 0.25) is 5.60 Å². The largest absolute Gasteiger partial charge is 0.542 e. The van der Waals surface area contributed by atoms with Crippen LogP contribution in [-0.4, -0.2) is 73.4 Å². The smallest absolute Gasteiger partial charge is 0.510 e.